The van der Waals surface area contributed by atoms with Gasteiger partial charge in [0.15, 0.2) is 0 Å². The van der Waals surface area contributed by atoms with Gasteiger partial charge in [-0.1, -0.05) is 0 Å². The van der Waals surface area contributed by atoms with E-state index in [-0.39, 0.29) is 24.3 Å². The van der Waals surface area contributed by atoms with Crippen molar-refractivity contribution >= 4 is 17.7 Å². The fourth-order valence-corrected chi connectivity index (χ4v) is 1.43. The van der Waals surface area contributed by atoms with E-state index in [0.29, 0.717) is 0 Å². The van der Waals surface area contributed by atoms with Crippen LogP contribution in [0.15, 0.2) is 12.1 Å². The molecule has 116 valence electrons. The van der Waals surface area contributed by atoms with Gasteiger partial charge in [-0.15, -0.1) is 0 Å². The van der Waals surface area contributed by atoms with Crippen LogP contribution in [-0.2, 0) is 11.0 Å². The number of aromatic nitrogens is 1. The first kappa shape index (κ1) is 16.7. The van der Waals surface area contributed by atoms with Gasteiger partial charge in [0.05, 0.1) is 17.8 Å². The maximum atomic E-state index is 12.5. The second-order valence-corrected chi connectivity index (χ2v) is 4.32. The fraction of sp³-hybridized carbons (Fsp3) is 0.417. The van der Waals surface area contributed by atoms with Crippen molar-refractivity contribution in [2.24, 2.45) is 0 Å². The summed E-state index contributed by atoms with van der Waals surface area (Å²) in [5, 5.41) is 10.9. The Kier molecular flexibility index (Phi) is 5.12. The van der Waals surface area contributed by atoms with E-state index in [1.165, 1.54) is 14.0 Å². The van der Waals surface area contributed by atoms with Crippen LogP contribution in [0.1, 0.15) is 17.8 Å². The first-order chi connectivity index (χ1) is 9.61. The van der Waals surface area contributed by atoms with E-state index >= 15 is 0 Å². The molecule has 9 heteroatoms. The lowest BCUT2D eigenvalue weighted by molar-refractivity contribution is -0.141. The molecule has 0 fully saturated rings. The highest BCUT2D eigenvalue weighted by atomic mass is 19.4. The van der Waals surface area contributed by atoms with Gasteiger partial charge in [-0.2, -0.15) is 13.2 Å². The lowest BCUT2D eigenvalue weighted by Gasteiger charge is -2.18. The Bertz CT molecular complexity index is 546. The van der Waals surface area contributed by atoms with E-state index in [2.05, 4.69) is 10.3 Å². The molecule has 0 unspecified atom stereocenters. The number of alkyl halides is 3. The molecule has 0 aliphatic rings. The number of pyridine rings is 1. The number of aryl methyl sites for hydroxylation is 1. The summed E-state index contributed by atoms with van der Waals surface area (Å²) >= 11 is 0. The highest BCUT2D eigenvalue weighted by molar-refractivity contribution is 5.89. The lowest BCUT2D eigenvalue weighted by atomic mass is 10.2. The number of halogens is 3. The summed E-state index contributed by atoms with van der Waals surface area (Å²) in [4.78, 5) is 26.6. The first-order valence-electron chi connectivity index (χ1n) is 5.90. The number of carboxylic acid groups (broad SMARTS) is 1. The number of hydrogen-bond donors (Lipinski definition) is 2. The highest BCUT2D eigenvalue weighted by Gasteiger charge is 2.32. The van der Waals surface area contributed by atoms with Gasteiger partial charge in [0.1, 0.15) is 5.69 Å². The smallest absolute Gasteiger partial charge is 0.433 e. The van der Waals surface area contributed by atoms with Crippen molar-refractivity contribution in [1.82, 2.24) is 9.88 Å². The van der Waals surface area contributed by atoms with Gasteiger partial charge in [0.25, 0.3) is 0 Å². The second kappa shape index (κ2) is 6.42. The van der Waals surface area contributed by atoms with E-state index < -0.39 is 23.9 Å². The monoisotopic (exact) mass is 305 g/mol. The fourth-order valence-electron chi connectivity index (χ4n) is 1.43. The summed E-state index contributed by atoms with van der Waals surface area (Å²) in [6, 6.07) is 1.24. The van der Waals surface area contributed by atoms with Gasteiger partial charge in [0.2, 0.25) is 0 Å². The van der Waals surface area contributed by atoms with Crippen molar-refractivity contribution in [1.29, 1.82) is 0 Å². The molecule has 1 aromatic rings. The number of carbonyl (C=O) groups is 2. The molecule has 2 N–H and O–H groups in total. The van der Waals surface area contributed by atoms with E-state index in [9.17, 15) is 22.8 Å². The van der Waals surface area contributed by atoms with Gasteiger partial charge in [-0.3, -0.25) is 4.79 Å². The van der Waals surface area contributed by atoms with Crippen molar-refractivity contribution in [3.05, 3.63) is 23.5 Å². The molecule has 0 aliphatic carbocycles. The highest BCUT2D eigenvalue weighted by Crippen LogP contribution is 2.29. The zero-order valence-electron chi connectivity index (χ0n) is 11.4. The van der Waals surface area contributed by atoms with Crippen LogP contribution in [0.3, 0.4) is 0 Å². The van der Waals surface area contributed by atoms with Crippen LogP contribution in [0, 0.1) is 6.92 Å². The maximum absolute atomic E-state index is 12.5. The summed E-state index contributed by atoms with van der Waals surface area (Å²) in [6.45, 7) is 1.32. The number of amides is 2. The Hall–Kier alpha value is -2.32. The van der Waals surface area contributed by atoms with E-state index in [1.807, 2.05) is 0 Å². The van der Waals surface area contributed by atoms with Gasteiger partial charge in [0, 0.05) is 13.6 Å². The molecule has 0 bridgehead atoms. The van der Waals surface area contributed by atoms with E-state index in [1.54, 1.807) is 0 Å². The number of carbonyl (C=O) groups excluding carboxylic acids is 1. The molecular formula is C12H14F3N3O3. The third-order valence-corrected chi connectivity index (χ3v) is 2.63. The normalized spacial score (nSPS) is 11.1. The average molecular weight is 305 g/mol. The Labute approximate surface area is 118 Å². The molecule has 0 saturated carbocycles. The van der Waals surface area contributed by atoms with Crippen molar-refractivity contribution in [2.45, 2.75) is 19.5 Å². The van der Waals surface area contributed by atoms with Crippen LogP contribution in [0.5, 0.6) is 0 Å². The van der Waals surface area contributed by atoms with E-state index in [4.69, 9.17) is 5.11 Å². The third-order valence-electron chi connectivity index (χ3n) is 2.63. The summed E-state index contributed by atoms with van der Waals surface area (Å²) in [5.74, 6) is -1.05. The van der Waals surface area contributed by atoms with Crippen LogP contribution >= 0.6 is 0 Å². The van der Waals surface area contributed by atoms with Crippen molar-refractivity contribution in [3.8, 4) is 0 Å². The third kappa shape index (κ3) is 4.93. The lowest BCUT2D eigenvalue weighted by Crippen LogP contribution is -2.33. The number of aliphatic carboxylic acids is 1. The average Bonchev–Trinajstić information content (AvgIpc) is 2.36. The number of hydrogen-bond acceptors (Lipinski definition) is 3. The molecule has 0 atom stereocenters. The van der Waals surface area contributed by atoms with Gasteiger partial charge >= 0.3 is 18.2 Å². The molecular weight excluding hydrogens is 291 g/mol. The van der Waals surface area contributed by atoms with Gasteiger partial charge in [-0.05, 0) is 19.1 Å². The quantitative estimate of drug-likeness (QED) is 0.894. The molecule has 0 aromatic carbocycles. The molecule has 6 nitrogen and oxygen atoms in total. The molecule has 21 heavy (non-hydrogen) atoms. The topological polar surface area (TPSA) is 82.5 Å². The molecule has 1 rings (SSSR count). The predicted molar refractivity (Wildman–Crippen MR) is 67.9 cm³/mol. The maximum Gasteiger partial charge on any atom is 0.433 e. The number of anilines is 1. The summed E-state index contributed by atoms with van der Waals surface area (Å²) in [5.41, 5.74) is -0.891. The van der Waals surface area contributed by atoms with Crippen LogP contribution < -0.4 is 5.32 Å². The number of urea groups is 1. The van der Waals surface area contributed by atoms with Crippen LogP contribution in [0.25, 0.3) is 0 Å². The summed E-state index contributed by atoms with van der Waals surface area (Å²) in [6.07, 6.45) is -4.78. The van der Waals surface area contributed by atoms with Gasteiger partial charge < -0.3 is 15.3 Å². The molecule has 0 saturated heterocycles. The Morgan fingerprint density at radius 2 is 2.00 bits per heavy atom. The van der Waals surface area contributed by atoms with Crippen molar-refractivity contribution in [3.63, 3.8) is 0 Å². The Balaban J connectivity index is 2.75. The SMILES string of the molecule is Cc1nc(C(F)(F)F)ccc1NC(=O)N(C)CCC(=O)O. The number of nitrogens with one attached hydrogen (secondary N) is 1. The predicted octanol–water partition coefficient (Wildman–Crippen LogP) is 2.35. The standard InChI is InChI=1S/C12H14F3N3O3/c1-7-8(3-4-9(16-7)12(13,14)15)17-11(21)18(2)6-5-10(19)20/h3-4H,5-6H2,1-2H3,(H,17,21)(H,19,20). The Morgan fingerprint density at radius 1 is 1.38 bits per heavy atom. The molecule has 1 heterocycles. The molecule has 1 aromatic heterocycles. The minimum Gasteiger partial charge on any atom is -0.481 e. The minimum absolute atomic E-state index is 0.0183. The molecule has 0 aliphatic heterocycles. The van der Waals surface area contributed by atoms with Gasteiger partial charge in [-0.25, -0.2) is 9.78 Å². The summed E-state index contributed by atoms with van der Waals surface area (Å²) in [7, 11) is 1.38. The zero-order valence-corrected chi connectivity index (χ0v) is 11.4. The second-order valence-electron chi connectivity index (χ2n) is 4.32. The molecule has 2 amide bonds. The van der Waals surface area contributed by atoms with Crippen LogP contribution in [0.4, 0.5) is 23.7 Å². The Morgan fingerprint density at radius 3 is 2.48 bits per heavy atom. The van der Waals surface area contributed by atoms with Crippen molar-refractivity contribution < 1.29 is 27.9 Å². The largest absolute Gasteiger partial charge is 0.481 e. The van der Waals surface area contributed by atoms with E-state index in [0.717, 1.165) is 17.0 Å². The molecule has 0 spiro atoms. The number of carboxylic acids is 1. The summed E-state index contributed by atoms with van der Waals surface area (Å²) < 4.78 is 37.4. The number of nitrogens with zero attached hydrogens (tertiary/aromatic N) is 2. The number of rotatable bonds is 4. The zero-order chi connectivity index (χ0) is 16.2. The van der Waals surface area contributed by atoms with Crippen LogP contribution in [0.2, 0.25) is 0 Å². The first-order valence-corrected chi connectivity index (χ1v) is 5.90. The molecule has 0 radical (unpaired) electrons. The minimum atomic E-state index is -4.55. The van der Waals surface area contributed by atoms with Crippen LogP contribution in [-0.4, -0.2) is 40.6 Å². The van der Waals surface area contributed by atoms with Crippen molar-refractivity contribution in [2.75, 3.05) is 18.9 Å².